The Hall–Kier alpha value is -2.37. The molecule has 1 fully saturated rings. The maximum absolute atomic E-state index is 12.9. The number of rotatable bonds is 6. The maximum Gasteiger partial charge on any atom is 0.256 e. The second kappa shape index (κ2) is 9.22. The largest absolute Gasteiger partial charge is 0.489 e. The lowest BCUT2D eigenvalue weighted by atomic mass is 10.1. The molecule has 0 bridgehead atoms. The van der Waals surface area contributed by atoms with Crippen molar-refractivity contribution in [1.82, 2.24) is 0 Å². The Labute approximate surface area is 173 Å². The Balaban J connectivity index is 1.47. The van der Waals surface area contributed by atoms with Crippen LogP contribution in [0.15, 0.2) is 78.9 Å². The van der Waals surface area contributed by atoms with Gasteiger partial charge in [0.1, 0.15) is 12.4 Å². The third-order valence-electron chi connectivity index (χ3n) is 4.44. The molecular weight excluding hydrogens is 386 g/mol. The molecule has 0 saturated carbocycles. The van der Waals surface area contributed by atoms with Crippen molar-refractivity contribution in [3.8, 4) is 5.75 Å². The van der Waals surface area contributed by atoms with E-state index < -0.39 is 0 Å². The molecule has 5 heteroatoms. The molecule has 0 radical (unpaired) electrons. The van der Waals surface area contributed by atoms with Gasteiger partial charge in [-0.1, -0.05) is 48.5 Å². The van der Waals surface area contributed by atoms with Crippen LogP contribution in [0.3, 0.4) is 0 Å². The molecule has 3 aromatic rings. The number of hydrogen-bond acceptors (Lipinski definition) is 4. The first-order valence-electron chi connectivity index (χ1n) is 9.20. The third-order valence-corrected chi connectivity index (χ3v) is 7.54. The fraction of sp³-hybridized carbons (Fsp3) is 0.174. The van der Waals surface area contributed by atoms with E-state index >= 15 is 0 Å². The van der Waals surface area contributed by atoms with Gasteiger partial charge in [0.05, 0.1) is 4.58 Å². The Morgan fingerprint density at radius 1 is 0.929 bits per heavy atom. The molecule has 3 aromatic carbocycles. The topological polar surface area (TPSA) is 38.3 Å². The molecule has 1 saturated heterocycles. The quantitative estimate of drug-likeness (QED) is 0.544. The highest BCUT2D eigenvalue weighted by atomic mass is 32.2. The monoisotopic (exact) mass is 407 g/mol. The molecule has 4 rings (SSSR count). The maximum atomic E-state index is 12.9. The van der Waals surface area contributed by atoms with Gasteiger partial charge in [0, 0.05) is 28.3 Å². The van der Waals surface area contributed by atoms with Crippen LogP contribution in [-0.4, -0.2) is 17.4 Å². The molecule has 1 amide bonds. The van der Waals surface area contributed by atoms with E-state index in [0.717, 1.165) is 17.0 Å². The summed E-state index contributed by atoms with van der Waals surface area (Å²) in [6.45, 7) is 0.350. The molecule has 1 aliphatic rings. The van der Waals surface area contributed by atoms with Gasteiger partial charge in [-0.25, -0.2) is 0 Å². The van der Waals surface area contributed by atoms with E-state index in [1.807, 2.05) is 90.3 Å². The summed E-state index contributed by atoms with van der Waals surface area (Å²) in [7, 11) is 0. The summed E-state index contributed by atoms with van der Waals surface area (Å²) < 4.78 is 6.30. The summed E-state index contributed by atoms with van der Waals surface area (Å²) in [5, 5.41) is 3.05. The Kier molecular flexibility index (Phi) is 6.24. The summed E-state index contributed by atoms with van der Waals surface area (Å²) in [6.07, 6.45) is 0. The van der Waals surface area contributed by atoms with Gasteiger partial charge in [-0.3, -0.25) is 4.79 Å². The standard InChI is InChI=1S/C23H21NO2S2/c25-22(24-19-9-6-8-17(15-19)23-27-13-14-28-23)21-12-5-4-7-18(21)16-26-20-10-2-1-3-11-20/h1-12,15,23H,13-14,16H2,(H,24,25). The highest BCUT2D eigenvalue weighted by molar-refractivity contribution is 8.19. The highest BCUT2D eigenvalue weighted by Crippen LogP contribution is 2.45. The highest BCUT2D eigenvalue weighted by Gasteiger charge is 2.19. The molecule has 28 heavy (non-hydrogen) atoms. The molecule has 142 valence electrons. The molecule has 0 aromatic heterocycles. The number of carbonyl (C=O) groups excluding carboxylic acids is 1. The van der Waals surface area contributed by atoms with Crippen LogP contribution in [0, 0.1) is 0 Å². The zero-order valence-corrected chi connectivity index (χ0v) is 17.0. The number of benzene rings is 3. The Morgan fingerprint density at radius 3 is 2.50 bits per heavy atom. The minimum absolute atomic E-state index is 0.115. The summed E-state index contributed by atoms with van der Waals surface area (Å²) in [6, 6.07) is 25.4. The van der Waals surface area contributed by atoms with Crippen LogP contribution in [0.2, 0.25) is 0 Å². The molecule has 1 N–H and O–H groups in total. The average molecular weight is 408 g/mol. The normalized spacial score (nSPS) is 14.0. The Bertz CT molecular complexity index is 940. The van der Waals surface area contributed by atoms with E-state index in [9.17, 15) is 4.79 Å². The van der Waals surface area contributed by atoms with Crippen molar-refractivity contribution in [2.45, 2.75) is 11.2 Å². The summed E-state index contributed by atoms with van der Waals surface area (Å²) in [4.78, 5) is 12.9. The molecule has 0 unspecified atom stereocenters. The molecule has 0 atom stereocenters. The predicted octanol–water partition coefficient (Wildman–Crippen LogP) is 6.00. The van der Waals surface area contributed by atoms with Crippen LogP contribution in [0.4, 0.5) is 5.69 Å². The number of para-hydroxylation sites is 1. The fourth-order valence-electron chi connectivity index (χ4n) is 3.06. The summed E-state index contributed by atoms with van der Waals surface area (Å²) in [5.41, 5.74) is 3.58. The number of carbonyl (C=O) groups is 1. The zero-order valence-electron chi connectivity index (χ0n) is 15.3. The van der Waals surface area contributed by atoms with Crippen LogP contribution < -0.4 is 10.1 Å². The van der Waals surface area contributed by atoms with E-state index in [0.29, 0.717) is 16.8 Å². The average Bonchev–Trinajstić information content (AvgIpc) is 3.28. The number of amides is 1. The molecule has 0 spiro atoms. The van der Waals surface area contributed by atoms with Crippen molar-refractivity contribution in [1.29, 1.82) is 0 Å². The van der Waals surface area contributed by atoms with Crippen LogP contribution in [-0.2, 0) is 6.61 Å². The molecule has 0 aliphatic carbocycles. The van der Waals surface area contributed by atoms with Crippen molar-refractivity contribution in [2.24, 2.45) is 0 Å². The lowest BCUT2D eigenvalue weighted by Crippen LogP contribution is -2.15. The van der Waals surface area contributed by atoms with Gasteiger partial charge in [0.25, 0.3) is 5.91 Å². The van der Waals surface area contributed by atoms with Crippen LogP contribution in [0.5, 0.6) is 5.75 Å². The number of ether oxygens (including phenoxy) is 1. The van der Waals surface area contributed by atoms with E-state index in [4.69, 9.17) is 4.74 Å². The van der Waals surface area contributed by atoms with Gasteiger partial charge < -0.3 is 10.1 Å². The van der Waals surface area contributed by atoms with Gasteiger partial charge >= 0.3 is 0 Å². The lowest BCUT2D eigenvalue weighted by Gasteiger charge is -2.13. The second-order valence-electron chi connectivity index (χ2n) is 6.41. The van der Waals surface area contributed by atoms with Crippen molar-refractivity contribution in [2.75, 3.05) is 16.8 Å². The number of nitrogens with one attached hydrogen (secondary N) is 1. The number of hydrogen-bond donors (Lipinski definition) is 1. The molecular formula is C23H21NO2S2. The van der Waals surface area contributed by atoms with Crippen molar-refractivity contribution >= 4 is 35.1 Å². The van der Waals surface area contributed by atoms with Crippen molar-refractivity contribution in [3.63, 3.8) is 0 Å². The first kappa shape index (κ1) is 19.0. The van der Waals surface area contributed by atoms with Gasteiger partial charge in [-0.05, 0) is 35.9 Å². The van der Waals surface area contributed by atoms with Crippen molar-refractivity contribution in [3.05, 3.63) is 95.6 Å². The molecule has 1 aliphatic heterocycles. The van der Waals surface area contributed by atoms with Gasteiger partial charge in [0.2, 0.25) is 0 Å². The second-order valence-corrected chi connectivity index (χ2v) is 9.14. The molecule has 1 heterocycles. The Morgan fingerprint density at radius 2 is 1.68 bits per heavy atom. The number of anilines is 1. The summed E-state index contributed by atoms with van der Waals surface area (Å²) in [5.74, 6) is 3.04. The smallest absolute Gasteiger partial charge is 0.256 e. The SMILES string of the molecule is O=C(Nc1cccc(C2SCCS2)c1)c1ccccc1COc1ccccc1. The zero-order chi connectivity index (χ0) is 19.2. The van der Waals surface area contributed by atoms with Gasteiger partial charge in [0.15, 0.2) is 0 Å². The van der Waals surface area contributed by atoms with Crippen molar-refractivity contribution < 1.29 is 9.53 Å². The fourth-order valence-corrected chi connectivity index (χ4v) is 5.90. The first-order valence-corrected chi connectivity index (χ1v) is 11.3. The minimum Gasteiger partial charge on any atom is -0.489 e. The van der Waals surface area contributed by atoms with Crippen LogP contribution in [0.1, 0.15) is 26.1 Å². The van der Waals surface area contributed by atoms with E-state index in [1.165, 1.54) is 17.1 Å². The van der Waals surface area contributed by atoms with Crippen LogP contribution >= 0.6 is 23.5 Å². The van der Waals surface area contributed by atoms with E-state index in [1.54, 1.807) is 0 Å². The molecule has 3 nitrogen and oxygen atoms in total. The lowest BCUT2D eigenvalue weighted by molar-refractivity contribution is 0.102. The first-order chi connectivity index (χ1) is 13.8. The van der Waals surface area contributed by atoms with E-state index in [-0.39, 0.29) is 5.91 Å². The van der Waals surface area contributed by atoms with E-state index in [2.05, 4.69) is 17.4 Å². The predicted molar refractivity (Wildman–Crippen MR) is 119 cm³/mol. The third kappa shape index (κ3) is 4.72. The van der Waals surface area contributed by atoms with Gasteiger partial charge in [-0.2, -0.15) is 0 Å². The summed E-state index contributed by atoms with van der Waals surface area (Å²) >= 11 is 3.92. The minimum atomic E-state index is -0.115. The number of thioether (sulfide) groups is 2. The van der Waals surface area contributed by atoms with Crippen LogP contribution in [0.25, 0.3) is 0 Å². The van der Waals surface area contributed by atoms with Gasteiger partial charge in [-0.15, -0.1) is 23.5 Å².